The number of aliphatic carboxylic acids is 2. The van der Waals surface area contributed by atoms with Gasteiger partial charge in [-0.05, 0) is 30.5 Å². The Kier molecular flexibility index (Phi) is 12.7. The predicted octanol–water partition coefficient (Wildman–Crippen LogP) is -2.70. The summed E-state index contributed by atoms with van der Waals surface area (Å²) in [6.45, 7) is 0.134. The highest BCUT2D eigenvalue weighted by molar-refractivity contribution is 5.94. The number of guanidine groups is 1. The number of carbonyl (C=O) groups excluding carboxylic acids is 3. The van der Waals surface area contributed by atoms with Crippen molar-refractivity contribution in [3.8, 4) is 5.75 Å². The van der Waals surface area contributed by atoms with Gasteiger partial charge >= 0.3 is 11.9 Å². The fraction of sp³-hybridized carbons (Fsp3) is 0.400. The van der Waals surface area contributed by atoms with Crippen LogP contribution in [0.15, 0.2) is 41.8 Å². The van der Waals surface area contributed by atoms with Crippen LogP contribution in [0.1, 0.15) is 30.5 Å². The normalized spacial score (nSPS) is 13.5. The van der Waals surface area contributed by atoms with Crippen LogP contribution in [0.25, 0.3) is 0 Å². The van der Waals surface area contributed by atoms with Crippen molar-refractivity contribution < 1.29 is 39.3 Å². The molecule has 0 fully saturated rings. The van der Waals surface area contributed by atoms with Gasteiger partial charge < -0.3 is 53.5 Å². The van der Waals surface area contributed by atoms with Gasteiger partial charge in [0.15, 0.2) is 5.96 Å². The van der Waals surface area contributed by atoms with E-state index < -0.39 is 60.2 Å². The van der Waals surface area contributed by atoms with Crippen LogP contribution >= 0.6 is 0 Å². The minimum Gasteiger partial charge on any atom is -0.508 e. The molecule has 2 aromatic rings. The number of aromatic hydroxyl groups is 1. The van der Waals surface area contributed by atoms with E-state index in [1.54, 1.807) is 0 Å². The van der Waals surface area contributed by atoms with Crippen molar-refractivity contribution in [3.05, 3.63) is 48.0 Å². The highest BCUT2D eigenvalue weighted by Gasteiger charge is 2.31. The molecule has 0 radical (unpaired) electrons. The van der Waals surface area contributed by atoms with Crippen LogP contribution < -0.4 is 33.2 Å². The van der Waals surface area contributed by atoms with E-state index in [0.29, 0.717) is 11.3 Å². The third-order valence-electron chi connectivity index (χ3n) is 5.91. The number of phenolic OH excluding ortho intramolecular Hbond substituents is 1. The van der Waals surface area contributed by atoms with Gasteiger partial charge in [0.25, 0.3) is 0 Å². The van der Waals surface area contributed by atoms with Gasteiger partial charge in [-0.2, -0.15) is 0 Å². The van der Waals surface area contributed by atoms with Crippen LogP contribution in [-0.2, 0) is 36.8 Å². The quantitative estimate of drug-likeness (QED) is 0.0512. The van der Waals surface area contributed by atoms with Crippen molar-refractivity contribution >= 4 is 35.6 Å². The first-order chi connectivity index (χ1) is 19.8. The largest absolute Gasteiger partial charge is 0.508 e. The first-order valence-corrected chi connectivity index (χ1v) is 12.8. The number of carboxylic acid groups (broad SMARTS) is 2. The molecule has 2 rings (SSSR count). The summed E-state index contributed by atoms with van der Waals surface area (Å²) >= 11 is 0. The number of aromatic nitrogens is 2. The first kappa shape index (κ1) is 33.0. The zero-order chi connectivity index (χ0) is 31.2. The van der Waals surface area contributed by atoms with E-state index in [2.05, 4.69) is 30.9 Å². The van der Waals surface area contributed by atoms with Crippen LogP contribution in [0, 0.1) is 0 Å². The van der Waals surface area contributed by atoms with Crippen molar-refractivity contribution in [2.45, 2.75) is 56.3 Å². The van der Waals surface area contributed by atoms with E-state index in [-0.39, 0.29) is 43.9 Å². The third-order valence-corrected chi connectivity index (χ3v) is 5.91. The Balaban J connectivity index is 2.26. The molecule has 0 spiro atoms. The molecule has 1 aromatic heterocycles. The van der Waals surface area contributed by atoms with E-state index in [1.165, 1.54) is 36.8 Å². The Morgan fingerprint density at radius 3 is 2.10 bits per heavy atom. The van der Waals surface area contributed by atoms with Crippen molar-refractivity contribution in [2.24, 2.45) is 22.2 Å². The Bertz CT molecular complexity index is 1250. The van der Waals surface area contributed by atoms with E-state index in [0.717, 1.165) is 0 Å². The van der Waals surface area contributed by atoms with Crippen molar-refractivity contribution in [3.63, 3.8) is 0 Å². The lowest BCUT2D eigenvalue weighted by molar-refractivity contribution is -0.147. The van der Waals surface area contributed by atoms with Gasteiger partial charge in [-0.25, -0.2) is 9.78 Å². The number of nitrogens with zero attached hydrogens (tertiary/aromatic N) is 2. The molecule has 0 saturated carbocycles. The van der Waals surface area contributed by atoms with Gasteiger partial charge in [0.2, 0.25) is 17.7 Å². The van der Waals surface area contributed by atoms with E-state index in [9.17, 15) is 34.2 Å². The van der Waals surface area contributed by atoms with Crippen molar-refractivity contribution in [2.75, 3.05) is 6.54 Å². The second-order valence-electron chi connectivity index (χ2n) is 9.33. The number of hydrogen-bond acceptors (Lipinski definition) is 9. The van der Waals surface area contributed by atoms with Crippen molar-refractivity contribution in [1.82, 2.24) is 25.9 Å². The van der Waals surface area contributed by atoms with Crippen LogP contribution in [0.4, 0.5) is 0 Å². The number of H-pyrrole nitrogens is 1. The molecule has 4 unspecified atom stereocenters. The number of nitrogens with two attached hydrogens (primary N) is 3. The van der Waals surface area contributed by atoms with E-state index >= 15 is 0 Å². The Hall–Kier alpha value is -5.19. The van der Waals surface area contributed by atoms with Crippen LogP contribution in [0.3, 0.4) is 0 Å². The average Bonchev–Trinajstić information content (AvgIpc) is 3.43. The molecular formula is C25H35N9O8. The lowest BCUT2D eigenvalue weighted by Crippen LogP contribution is -2.58. The van der Waals surface area contributed by atoms with Gasteiger partial charge in [-0.1, -0.05) is 12.1 Å². The fourth-order valence-corrected chi connectivity index (χ4v) is 3.77. The van der Waals surface area contributed by atoms with Crippen LogP contribution in [0.5, 0.6) is 5.75 Å². The highest BCUT2D eigenvalue weighted by Crippen LogP contribution is 2.12. The summed E-state index contributed by atoms with van der Waals surface area (Å²) in [6.07, 6.45) is 2.23. The van der Waals surface area contributed by atoms with E-state index in [1.807, 2.05) is 0 Å². The Labute approximate surface area is 240 Å². The van der Waals surface area contributed by atoms with Gasteiger partial charge in [0.1, 0.15) is 23.9 Å². The number of aromatic amines is 1. The lowest BCUT2D eigenvalue weighted by Gasteiger charge is -2.25. The lowest BCUT2D eigenvalue weighted by atomic mass is 10.0. The smallest absolute Gasteiger partial charge is 0.326 e. The third kappa shape index (κ3) is 11.5. The molecule has 4 atom stereocenters. The Morgan fingerprint density at radius 2 is 1.52 bits per heavy atom. The summed E-state index contributed by atoms with van der Waals surface area (Å²) in [7, 11) is 0. The minimum absolute atomic E-state index is 0.0371. The maximum absolute atomic E-state index is 13.4. The SMILES string of the molecule is NC(N)=NCCCC(NC(=O)C(N)Cc1cnc[nH]1)C(=O)NC(Cc1ccc(O)cc1)C(=O)NC(CC(=O)O)C(=O)O. The molecule has 3 amide bonds. The number of carbonyl (C=O) groups is 5. The summed E-state index contributed by atoms with van der Waals surface area (Å²) in [5.41, 5.74) is 17.8. The summed E-state index contributed by atoms with van der Waals surface area (Å²) < 4.78 is 0. The molecule has 0 aliphatic heterocycles. The highest BCUT2D eigenvalue weighted by atomic mass is 16.4. The number of benzene rings is 1. The van der Waals surface area contributed by atoms with Gasteiger partial charge in [-0.3, -0.25) is 24.2 Å². The molecule has 17 heteroatoms. The van der Waals surface area contributed by atoms with E-state index in [4.69, 9.17) is 22.3 Å². The first-order valence-electron chi connectivity index (χ1n) is 12.8. The number of rotatable bonds is 17. The molecule has 13 N–H and O–H groups in total. The molecule has 0 saturated heterocycles. The Morgan fingerprint density at radius 1 is 0.905 bits per heavy atom. The average molecular weight is 590 g/mol. The van der Waals surface area contributed by atoms with Gasteiger partial charge in [0, 0.05) is 31.3 Å². The number of phenols is 1. The fourth-order valence-electron chi connectivity index (χ4n) is 3.77. The molecule has 0 bridgehead atoms. The zero-order valence-electron chi connectivity index (χ0n) is 22.5. The molecule has 1 aromatic carbocycles. The predicted molar refractivity (Wildman–Crippen MR) is 148 cm³/mol. The molecular weight excluding hydrogens is 554 g/mol. The molecule has 17 nitrogen and oxygen atoms in total. The van der Waals surface area contributed by atoms with Gasteiger partial charge in [-0.15, -0.1) is 0 Å². The second-order valence-corrected chi connectivity index (χ2v) is 9.33. The second kappa shape index (κ2) is 16.2. The molecule has 42 heavy (non-hydrogen) atoms. The number of nitrogens with one attached hydrogen (secondary N) is 4. The van der Waals surface area contributed by atoms with Crippen molar-refractivity contribution in [1.29, 1.82) is 0 Å². The summed E-state index contributed by atoms with van der Waals surface area (Å²) in [5.74, 6) is -5.71. The topological polar surface area (TPSA) is 301 Å². The van der Waals surface area contributed by atoms with Crippen LogP contribution in [-0.4, -0.2) is 91.6 Å². The molecule has 228 valence electrons. The maximum atomic E-state index is 13.4. The summed E-state index contributed by atoms with van der Waals surface area (Å²) in [4.78, 5) is 72.5. The molecule has 0 aliphatic rings. The monoisotopic (exact) mass is 589 g/mol. The number of carboxylic acids is 2. The molecule has 0 aliphatic carbocycles. The standard InChI is InChI=1S/C25H35N9O8/c26-16(9-14-11-29-12-31-14)21(38)32-17(2-1-7-30-25(27)28)22(39)33-18(8-13-3-5-15(35)6-4-13)23(40)34-19(24(41)42)10-20(36)37/h3-6,11-12,16-19,35H,1-2,7-10,26H2,(H,29,31)(H,32,38)(H,33,39)(H,34,40)(H,36,37)(H,41,42)(H4,27,28,30). The summed E-state index contributed by atoms with van der Waals surface area (Å²) in [5, 5.41) is 35.2. The minimum atomic E-state index is -1.77. The number of hydrogen-bond donors (Lipinski definition) is 10. The molecule has 1 heterocycles. The number of amides is 3. The van der Waals surface area contributed by atoms with Crippen LogP contribution in [0.2, 0.25) is 0 Å². The maximum Gasteiger partial charge on any atom is 0.326 e. The number of aliphatic imine (C=N–C) groups is 1. The zero-order valence-corrected chi connectivity index (χ0v) is 22.5. The van der Waals surface area contributed by atoms with Gasteiger partial charge in [0.05, 0.1) is 18.8 Å². The number of imidazole rings is 1. The summed E-state index contributed by atoms with van der Waals surface area (Å²) in [6, 6.07) is 0.242.